The zero-order chi connectivity index (χ0) is 13.0. The van der Waals surface area contributed by atoms with Crippen LogP contribution in [0.1, 0.15) is 31.7 Å². The predicted octanol–water partition coefficient (Wildman–Crippen LogP) is 2.96. The molecule has 0 aliphatic heterocycles. The molecule has 2 N–H and O–H groups in total. The second-order valence-electron chi connectivity index (χ2n) is 5.11. The van der Waals surface area contributed by atoms with Crippen molar-refractivity contribution in [3.8, 4) is 6.07 Å². The van der Waals surface area contributed by atoms with Crippen molar-refractivity contribution in [3.63, 3.8) is 0 Å². The summed E-state index contributed by atoms with van der Waals surface area (Å²) in [5, 5.41) is 8.81. The third kappa shape index (κ3) is 3.16. The summed E-state index contributed by atoms with van der Waals surface area (Å²) >= 11 is 0. The number of nitrogens with zero attached hydrogens (tertiary/aromatic N) is 2. The smallest absolute Gasteiger partial charge is 0.0670 e. The average molecular weight is 243 g/mol. The molecule has 1 fully saturated rings. The zero-order valence-corrected chi connectivity index (χ0v) is 11.0. The summed E-state index contributed by atoms with van der Waals surface area (Å²) in [5.41, 5.74) is 8.78. The second kappa shape index (κ2) is 5.77. The van der Waals surface area contributed by atoms with Crippen molar-refractivity contribution in [2.24, 2.45) is 5.92 Å². The van der Waals surface area contributed by atoms with E-state index in [0.29, 0.717) is 6.42 Å². The minimum Gasteiger partial charge on any atom is -0.398 e. The summed E-state index contributed by atoms with van der Waals surface area (Å²) in [4.78, 5) is 2.43. The lowest BCUT2D eigenvalue weighted by atomic mass is 10.1. The number of nitriles is 1. The Morgan fingerprint density at radius 1 is 1.44 bits per heavy atom. The molecule has 0 spiro atoms. The van der Waals surface area contributed by atoms with Gasteiger partial charge in [-0.05, 0) is 48.9 Å². The Morgan fingerprint density at radius 2 is 2.22 bits per heavy atom. The van der Waals surface area contributed by atoms with Gasteiger partial charge in [0.05, 0.1) is 12.5 Å². The zero-order valence-electron chi connectivity index (χ0n) is 11.0. The SMILES string of the molecule is CCCN(CC1CC1)c1ccc(N)c(CC#N)c1. The topological polar surface area (TPSA) is 53.0 Å². The molecule has 0 atom stereocenters. The van der Waals surface area contributed by atoms with Crippen molar-refractivity contribution >= 4 is 11.4 Å². The summed E-state index contributed by atoms with van der Waals surface area (Å²) in [6, 6.07) is 8.26. The first kappa shape index (κ1) is 12.8. The molecule has 1 saturated carbocycles. The van der Waals surface area contributed by atoms with Crippen molar-refractivity contribution in [1.29, 1.82) is 5.26 Å². The van der Waals surface area contributed by atoms with E-state index in [1.807, 2.05) is 6.07 Å². The molecule has 0 amide bonds. The van der Waals surface area contributed by atoms with Crippen LogP contribution in [0.25, 0.3) is 0 Å². The number of nitrogen functional groups attached to an aromatic ring is 1. The Kier molecular flexibility index (Phi) is 4.09. The molecule has 0 saturated heterocycles. The summed E-state index contributed by atoms with van der Waals surface area (Å²) in [6.07, 6.45) is 4.26. The molecule has 1 aliphatic carbocycles. The van der Waals surface area contributed by atoms with Gasteiger partial charge in [-0.3, -0.25) is 0 Å². The van der Waals surface area contributed by atoms with Gasteiger partial charge in [0.2, 0.25) is 0 Å². The summed E-state index contributed by atoms with van der Waals surface area (Å²) in [5.74, 6) is 0.869. The molecule has 2 rings (SSSR count). The molecule has 3 heteroatoms. The van der Waals surface area contributed by atoms with Gasteiger partial charge in [0.15, 0.2) is 0 Å². The van der Waals surface area contributed by atoms with E-state index in [2.05, 4.69) is 30.0 Å². The van der Waals surface area contributed by atoms with Gasteiger partial charge >= 0.3 is 0 Å². The lowest BCUT2D eigenvalue weighted by Gasteiger charge is -2.25. The number of anilines is 2. The normalized spacial score (nSPS) is 14.2. The number of benzene rings is 1. The second-order valence-corrected chi connectivity index (χ2v) is 5.11. The highest BCUT2D eigenvalue weighted by Gasteiger charge is 2.24. The highest BCUT2D eigenvalue weighted by molar-refractivity contribution is 5.59. The molecule has 0 aromatic heterocycles. The fourth-order valence-corrected chi connectivity index (χ4v) is 2.23. The van der Waals surface area contributed by atoms with Crippen LogP contribution in [0.5, 0.6) is 0 Å². The highest BCUT2D eigenvalue weighted by atomic mass is 15.1. The van der Waals surface area contributed by atoms with Crippen molar-refractivity contribution in [2.75, 3.05) is 23.7 Å². The monoisotopic (exact) mass is 243 g/mol. The molecular formula is C15H21N3. The van der Waals surface area contributed by atoms with Gasteiger partial charge in [-0.1, -0.05) is 6.92 Å². The number of hydrogen-bond acceptors (Lipinski definition) is 3. The molecule has 0 heterocycles. The van der Waals surface area contributed by atoms with E-state index in [4.69, 9.17) is 11.0 Å². The van der Waals surface area contributed by atoms with Crippen LogP contribution in [0.3, 0.4) is 0 Å². The van der Waals surface area contributed by atoms with Gasteiger partial charge in [0, 0.05) is 24.5 Å². The van der Waals surface area contributed by atoms with E-state index in [1.165, 1.54) is 18.5 Å². The Labute approximate surface area is 109 Å². The lowest BCUT2D eigenvalue weighted by molar-refractivity contribution is 0.708. The fraction of sp³-hybridized carbons (Fsp3) is 0.533. The largest absolute Gasteiger partial charge is 0.398 e. The maximum Gasteiger partial charge on any atom is 0.0670 e. The summed E-state index contributed by atoms with van der Waals surface area (Å²) in [6.45, 7) is 4.42. The van der Waals surface area contributed by atoms with Gasteiger partial charge < -0.3 is 10.6 Å². The molecule has 0 unspecified atom stereocenters. The molecule has 0 radical (unpaired) electrons. The Bertz CT molecular complexity index is 444. The van der Waals surface area contributed by atoms with E-state index >= 15 is 0 Å². The third-order valence-electron chi connectivity index (χ3n) is 3.43. The van der Waals surface area contributed by atoms with Crippen LogP contribution >= 0.6 is 0 Å². The quantitative estimate of drug-likeness (QED) is 0.781. The minimum atomic E-state index is 0.392. The molecule has 1 aromatic rings. The first-order valence-electron chi connectivity index (χ1n) is 6.75. The summed E-state index contributed by atoms with van der Waals surface area (Å²) < 4.78 is 0. The van der Waals surface area contributed by atoms with Gasteiger partial charge in [0.1, 0.15) is 0 Å². The molecule has 3 nitrogen and oxygen atoms in total. The third-order valence-corrected chi connectivity index (χ3v) is 3.43. The van der Waals surface area contributed by atoms with Gasteiger partial charge in [-0.25, -0.2) is 0 Å². The van der Waals surface area contributed by atoms with E-state index in [9.17, 15) is 0 Å². The van der Waals surface area contributed by atoms with Crippen LogP contribution in [-0.4, -0.2) is 13.1 Å². The van der Waals surface area contributed by atoms with Crippen molar-refractivity contribution in [1.82, 2.24) is 0 Å². The van der Waals surface area contributed by atoms with E-state index in [0.717, 1.165) is 36.7 Å². The van der Waals surface area contributed by atoms with E-state index < -0.39 is 0 Å². The highest BCUT2D eigenvalue weighted by Crippen LogP contribution is 2.32. The first-order valence-corrected chi connectivity index (χ1v) is 6.75. The molecular weight excluding hydrogens is 222 g/mol. The Balaban J connectivity index is 2.17. The molecule has 0 bridgehead atoms. The molecule has 18 heavy (non-hydrogen) atoms. The summed E-state index contributed by atoms with van der Waals surface area (Å²) in [7, 11) is 0. The predicted molar refractivity (Wildman–Crippen MR) is 75.4 cm³/mol. The molecule has 96 valence electrons. The van der Waals surface area contributed by atoms with Crippen molar-refractivity contribution < 1.29 is 0 Å². The van der Waals surface area contributed by atoms with Crippen molar-refractivity contribution in [2.45, 2.75) is 32.6 Å². The van der Waals surface area contributed by atoms with Crippen LogP contribution < -0.4 is 10.6 Å². The van der Waals surface area contributed by atoms with Crippen LogP contribution in [0, 0.1) is 17.2 Å². The van der Waals surface area contributed by atoms with Gasteiger partial charge in [0.25, 0.3) is 0 Å². The number of nitrogens with two attached hydrogens (primary N) is 1. The standard InChI is InChI=1S/C15H21N3/c1-2-9-18(11-12-3-4-12)14-5-6-15(17)13(10-14)7-8-16/h5-6,10,12H,2-4,7,9,11,17H2,1H3. The lowest BCUT2D eigenvalue weighted by Crippen LogP contribution is -2.26. The maximum absolute atomic E-state index is 8.81. The van der Waals surface area contributed by atoms with Crippen LogP contribution in [0.15, 0.2) is 18.2 Å². The minimum absolute atomic E-state index is 0.392. The van der Waals surface area contributed by atoms with Crippen LogP contribution in [0.4, 0.5) is 11.4 Å². The van der Waals surface area contributed by atoms with E-state index in [-0.39, 0.29) is 0 Å². The number of rotatable bonds is 6. The Morgan fingerprint density at radius 3 is 2.83 bits per heavy atom. The molecule has 1 aliphatic rings. The van der Waals surface area contributed by atoms with E-state index in [1.54, 1.807) is 0 Å². The first-order chi connectivity index (χ1) is 8.74. The number of hydrogen-bond donors (Lipinski definition) is 1. The Hall–Kier alpha value is -1.69. The fourth-order valence-electron chi connectivity index (χ4n) is 2.23. The molecule has 1 aromatic carbocycles. The van der Waals surface area contributed by atoms with Crippen LogP contribution in [-0.2, 0) is 6.42 Å². The van der Waals surface area contributed by atoms with Crippen LogP contribution in [0.2, 0.25) is 0 Å². The van der Waals surface area contributed by atoms with Crippen molar-refractivity contribution in [3.05, 3.63) is 23.8 Å². The average Bonchev–Trinajstić information content (AvgIpc) is 3.16. The van der Waals surface area contributed by atoms with Gasteiger partial charge in [-0.15, -0.1) is 0 Å². The van der Waals surface area contributed by atoms with Gasteiger partial charge in [-0.2, -0.15) is 5.26 Å². The maximum atomic E-state index is 8.81.